The zero-order valence-electron chi connectivity index (χ0n) is 12.2. The van der Waals surface area contributed by atoms with Crippen LogP contribution in [0.25, 0.3) is 0 Å². The van der Waals surface area contributed by atoms with Gasteiger partial charge in [0.15, 0.2) is 0 Å². The number of hydrogen-bond acceptors (Lipinski definition) is 3. The summed E-state index contributed by atoms with van der Waals surface area (Å²) in [7, 11) is 4.34. The minimum absolute atomic E-state index is 0.772. The summed E-state index contributed by atoms with van der Waals surface area (Å²) in [5, 5.41) is 3.51. The van der Waals surface area contributed by atoms with E-state index in [4.69, 9.17) is 0 Å². The normalized spacial score (nSPS) is 22.4. The van der Waals surface area contributed by atoms with Gasteiger partial charge < -0.3 is 10.2 Å². The lowest BCUT2D eigenvalue weighted by Gasteiger charge is -2.33. The van der Waals surface area contributed by atoms with Gasteiger partial charge in [0.2, 0.25) is 0 Å². The molecule has 1 heterocycles. The molecule has 0 spiro atoms. The van der Waals surface area contributed by atoms with Crippen molar-refractivity contribution in [1.82, 2.24) is 15.1 Å². The Hall–Kier alpha value is -0.120. The molecule has 0 aromatic carbocycles. The first-order valence-corrected chi connectivity index (χ1v) is 7.19. The average Bonchev–Trinajstić information content (AvgIpc) is 2.51. The van der Waals surface area contributed by atoms with Crippen LogP contribution in [0.1, 0.15) is 33.1 Å². The maximum absolute atomic E-state index is 3.51. The fourth-order valence-electron chi connectivity index (χ4n) is 2.59. The quantitative estimate of drug-likeness (QED) is 0.763. The summed E-state index contributed by atoms with van der Waals surface area (Å²) in [6.45, 7) is 10.7. The molecule has 102 valence electrons. The topological polar surface area (TPSA) is 18.5 Å². The molecular formula is C14H31N3. The fourth-order valence-corrected chi connectivity index (χ4v) is 2.59. The molecule has 3 heteroatoms. The molecule has 1 atom stereocenters. The van der Waals surface area contributed by atoms with Crippen molar-refractivity contribution in [2.45, 2.75) is 39.2 Å². The van der Waals surface area contributed by atoms with Crippen LogP contribution in [0.4, 0.5) is 0 Å². The maximum atomic E-state index is 3.51. The largest absolute Gasteiger partial charge is 0.317 e. The van der Waals surface area contributed by atoms with Crippen molar-refractivity contribution in [3.8, 4) is 0 Å². The first-order chi connectivity index (χ1) is 8.09. The highest BCUT2D eigenvalue weighted by Gasteiger charge is 2.20. The standard InChI is InChI=1S/C14H31N3/c1-13(2)12-17(11-10-16(3)4)14-6-5-8-15-9-7-14/h13-15H,5-12H2,1-4H3. The third-order valence-corrected chi connectivity index (χ3v) is 3.50. The van der Waals surface area contributed by atoms with Gasteiger partial charge in [-0.15, -0.1) is 0 Å². The van der Waals surface area contributed by atoms with E-state index < -0.39 is 0 Å². The molecule has 0 aromatic heterocycles. The highest BCUT2D eigenvalue weighted by molar-refractivity contribution is 4.77. The zero-order valence-corrected chi connectivity index (χ0v) is 12.2. The molecule has 0 saturated carbocycles. The molecule has 1 saturated heterocycles. The molecular weight excluding hydrogens is 210 g/mol. The highest BCUT2D eigenvalue weighted by atomic mass is 15.2. The van der Waals surface area contributed by atoms with Crippen LogP contribution in [0.5, 0.6) is 0 Å². The number of nitrogens with zero attached hydrogens (tertiary/aromatic N) is 2. The fraction of sp³-hybridized carbons (Fsp3) is 1.00. The first kappa shape index (κ1) is 14.9. The number of nitrogens with one attached hydrogen (secondary N) is 1. The zero-order chi connectivity index (χ0) is 12.7. The maximum Gasteiger partial charge on any atom is 0.0112 e. The lowest BCUT2D eigenvalue weighted by Crippen LogP contribution is -2.42. The van der Waals surface area contributed by atoms with Gasteiger partial charge in [0.25, 0.3) is 0 Å². The summed E-state index contributed by atoms with van der Waals surface area (Å²) < 4.78 is 0. The third-order valence-electron chi connectivity index (χ3n) is 3.50. The molecule has 0 radical (unpaired) electrons. The van der Waals surface area contributed by atoms with E-state index in [1.807, 2.05) is 0 Å². The molecule has 1 fully saturated rings. The van der Waals surface area contributed by atoms with E-state index in [0.29, 0.717) is 0 Å². The van der Waals surface area contributed by atoms with E-state index in [-0.39, 0.29) is 0 Å². The average molecular weight is 241 g/mol. The molecule has 17 heavy (non-hydrogen) atoms. The molecule has 1 unspecified atom stereocenters. The molecule has 1 aliphatic rings. The number of rotatable bonds is 6. The van der Waals surface area contributed by atoms with Crippen molar-refractivity contribution in [3.63, 3.8) is 0 Å². The lowest BCUT2D eigenvalue weighted by molar-refractivity contribution is 0.149. The van der Waals surface area contributed by atoms with Gasteiger partial charge in [-0.2, -0.15) is 0 Å². The lowest BCUT2D eigenvalue weighted by atomic mass is 10.1. The van der Waals surface area contributed by atoms with E-state index in [2.05, 4.69) is 43.1 Å². The van der Waals surface area contributed by atoms with Crippen molar-refractivity contribution in [1.29, 1.82) is 0 Å². The second-order valence-electron chi connectivity index (χ2n) is 6.03. The van der Waals surface area contributed by atoms with Gasteiger partial charge >= 0.3 is 0 Å². The first-order valence-electron chi connectivity index (χ1n) is 7.19. The van der Waals surface area contributed by atoms with Crippen molar-refractivity contribution >= 4 is 0 Å². The molecule has 0 amide bonds. The van der Waals surface area contributed by atoms with Gasteiger partial charge in [-0.3, -0.25) is 4.90 Å². The minimum Gasteiger partial charge on any atom is -0.317 e. The molecule has 3 nitrogen and oxygen atoms in total. The molecule has 0 bridgehead atoms. The van der Waals surface area contributed by atoms with E-state index >= 15 is 0 Å². The Morgan fingerprint density at radius 1 is 1.12 bits per heavy atom. The van der Waals surface area contributed by atoms with E-state index in [1.165, 1.54) is 52.0 Å². The van der Waals surface area contributed by atoms with Crippen molar-refractivity contribution in [2.24, 2.45) is 5.92 Å². The Balaban J connectivity index is 2.46. The van der Waals surface area contributed by atoms with Gasteiger partial charge in [0.1, 0.15) is 0 Å². The Morgan fingerprint density at radius 2 is 1.88 bits per heavy atom. The highest BCUT2D eigenvalue weighted by Crippen LogP contribution is 2.15. The van der Waals surface area contributed by atoms with Crippen molar-refractivity contribution in [2.75, 3.05) is 46.8 Å². The number of hydrogen-bond donors (Lipinski definition) is 1. The van der Waals surface area contributed by atoms with Crippen molar-refractivity contribution in [3.05, 3.63) is 0 Å². The second-order valence-corrected chi connectivity index (χ2v) is 6.03. The van der Waals surface area contributed by atoms with E-state index in [1.54, 1.807) is 0 Å². The Morgan fingerprint density at radius 3 is 2.53 bits per heavy atom. The molecule has 1 rings (SSSR count). The molecule has 1 aliphatic heterocycles. The van der Waals surface area contributed by atoms with Gasteiger partial charge in [-0.05, 0) is 52.4 Å². The summed E-state index contributed by atoms with van der Waals surface area (Å²) in [4.78, 5) is 5.01. The van der Waals surface area contributed by atoms with E-state index in [9.17, 15) is 0 Å². The predicted octanol–water partition coefficient (Wildman–Crippen LogP) is 1.65. The Bertz CT molecular complexity index is 184. The van der Waals surface area contributed by atoms with Crippen LogP contribution in [0.2, 0.25) is 0 Å². The summed E-state index contributed by atoms with van der Waals surface area (Å²) in [6, 6.07) is 0.798. The molecule has 0 aromatic rings. The Labute approximate surface area is 108 Å². The summed E-state index contributed by atoms with van der Waals surface area (Å²) >= 11 is 0. The van der Waals surface area contributed by atoms with Gasteiger partial charge in [-0.1, -0.05) is 13.8 Å². The third kappa shape index (κ3) is 6.39. The van der Waals surface area contributed by atoms with Crippen LogP contribution in [-0.2, 0) is 0 Å². The van der Waals surface area contributed by atoms with Crippen LogP contribution in [0, 0.1) is 5.92 Å². The van der Waals surface area contributed by atoms with Crippen LogP contribution in [-0.4, -0.2) is 62.7 Å². The summed E-state index contributed by atoms with van der Waals surface area (Å²) in [6.07, 6.45) is 4.02. The van der Waals surface area contributed by atoms with Crippen LogP contribution in [0.3, 0.4) is 0 Å². The SMILES string of the molecule is CC(C)CN(CCN(C)C)C1CCCNCC1. The summed E-state index contributed by atoms with van der Waals surface area (Å²) in [5.41, 5.74) is 0. The van der Waals surface area contributed by atoms with Crippen LogP contribution >= 0.6 is 0 Å². The summed E-state index contributed by atoms with van der Waals surface area (Å²) in [5.74, 6) is 0.772. The van der Waals surface area contributed by atoms with E-state index in [0.717, 1.165) is 12.0 Å². The Kier molecular flexibility index (Phi) is 7.09. The molecule has 1 N–H and O–H groups in total. The minimum atomic E-state index is 0.772. The van der Waals surface area contributed by atoms with Gasteiger partial charge in [0, 0.05) is 25.7 Å². The molecule has 0 aliphatic carbocycles. The van der Waals surface area contributed by atoms with Crippen LogP contribution in [0.15, 0.2) is 0 Å². The monoisotopic (exact) mass is 241 g/mol. The second kappa shape index (κ2) is 8.06. The van der Waals surface area contributed by atoms with Crippen LogP contribution < -0.4 is 5.32 Å². The van der Waals surface area contributed by atoms with Gasteiger partial charge in [0.05, 0.1) is 0 Å². The number of likely N-dealkylation sites (N-methyl/N-ethyl adjacent to an activating group) is 1. The predicted molar refractivity (Wildman–Crippen MR) is 75.5 cm³/mol. The van der Waals surface area contributed by atoms with Gasteiger partial charge in [-0.25, -0.2) is 0 Å². The smallest absolute Gasteiger partial charge is 0.0112 e. The van der Waals surface area contributed by atoms with Crippen molar-refractivity contribution < 1.29 is 0 Å².